The van der Waals surface area contributed by atoms with Crippen LogP contribution in [-0.2, 0) is 32.6 Å². The zero-order valence-electron chi connectivity index (χ0n) is 26.6. The predicted molar refractivity (Wildman–Crippen MR) is 185 cm³/mol. The minimum absolute atomic E-state index is 0.00804. The molecule has 0 bridgehead atoms. The molecule has 0 heterocycles. The Morgan fingerprint density at radius 1 is 0.894 bits per heavy atom. The van der Waals surface area contributed by atoms with Gasteiger partial charge >= 0.3 is 0 Å². The van der Waals surface area contributed by atoms with Gasteiger partial charge in [0.1, 0.15) is 18.3 Å². The summed E-state index contributed by atoms with van der Waals surface area (Å²) in [5, 5.41) is 3.63. The molecule has 1 saturated carbocycles. The van der Waals surface area contributed by atoms with E-state index >= 15 is 0 Å². The molecule has 0 spiro atoms. The molecule has 5 rings (SSSR count). The quantitative estimate of drug-likeness (QED) is 0.174. The van der Waals surface area contributed by atoms with Gasteiger partial charge in [0.2, 0.25) is 11.8 Å². The van der Waals surface area contributed by atoms with Crippen LogP contribution in [0.1, 0.15) is 42.4 Å². The molecule has 0 radical (unpaired) electrons. The van der Waals surface area contributed by atoms with Crippen LogP contribution in [0.25, 0.3) is 0 Å². The Morgan fingerprint density at radius 2 is 1.53 bits per heavy atom. The van der Waals surface area contributed by atoms with Crippen molar-refractivity contribution in [2.75, 3.05) is 18.0 Å². The van der Waals surface area contributed by atoms with Crippen LogP contribution in [0, 0.1) is 6.92 Å². The fourth-order valence-electron chi connectivity index (χ4n) is 5.90. The number of ether oxygens (including phenoxy) is 1. The zero-order valence-corrected chi connectivity index (χ0v) is 28.2. The molecule has 1 atom stereocenters. The summed E-state index contributed by atoms with van der Waals surface area (Å²) >= 11 is 6.16. The number of rotatable bonds is 13. The Bertz CT molecular complexity index is 1760. The van der Waals surface area contributed by atoms with E-state index in [-0.39, 0.29) is 35.5 Å². The Hall–Kier alpha value is -4.34. The van der Waals surface area contributed by atoms with Crippen LogP contribution in [0.3, 0.4) is 0 Å². The van der Waals surface area contributed by atoms with Gasteiger partial charge in [0.15, 0.2) is 0 Å². The van der Waals surface area contributed by atoms with Crippen molar-refractivity contribution in [1.29, 1.82) is 0 Å². The molecule has 0 aliphatic heterocycles. The summed E-state index contributed by atoms with van der Waals surface area (Å²) in [6.07, 6.45) is 4.13. The molecule has 246 valence electrons. The highest BCUT2D eigenvalue weighted by Crippen LogP contribution is 2.28. The summed E-state index contributed by atoms with van der Waals surface area (Å²) in [6, 6.07) is 28.7. The third kappa shape index (κ3) is 8.53. The molecule has 1 N–H and O–H groups in total. The molecule has 4 aromatic carbocycles. The highest BCUT2D eigenvalue weighted by atomic mass is 35.5. The first-order chi connectivity index (χ1) is 22.7. The lowest BCUT2D eigenvalue weighted by Crippen LogP contribution is -2.54. The lowest BCUT2D eigenvalue weighted by Gasteiger charge is -2.34. The van der Waals surface area contributed by atoms with Crippen molar-refractivity contribution in [2.24, 2.45) is 0 Å². The molecule has 1 aliphatic rings. The average molecular weight is 674 g/mol. The van der Waals surface area contributed by atoms with Gasteiger partial charge in [-0.3, -0.25) is 13.9 Å². The van der Waals surface area contributed by atoms with Crippen LogP contribution in [0.4, 0.5) is 5.69 Å². The van der Waals surface area contributed by atoms with Crippen molar-refractivity contribution >= 4 is 39.1 Å². The molecule has 47 heavy (non-hydrogen) atoms. The molecule has 0 unspecified atom stereocenters. The Balaban J connectivity index is 1.56. The first-order valence-corrected chi connectivity index (χ1v) is 17.6. The highest BCUT2D eigenvalue weighted by molar-refractivity contribution is 7.92. The molecule has 0 aromatic heterocycles. The number of benzene rings is 4. The summed E-state index contributed by atoms with van der Waals surface area (Å²) in [7, 11) is -2.74. The molecular weight excluding hydrogens is 634 g/mol. The standard InChI is InChI=1S/C37H40ClN3O5S/c1-27-10-6-7-13-29(27)25-40(35(24-28-11-4-3-5-12-28)37(43)39-31-14-8-9-15-31)36(42)26-41(32-18-16-30(38)17-19-32)47(44,45)34-22-20-33(46-2)21-23-34/h3-7,10-13,16-23,31,35H,8-9,14-15,24-26H2,1-2H3,(H,39,43)/t35-/m1/s1. The number of nitrogens with one attached hydrogen (secondary N) is 1. The third-order valence-corrected chi connectivity index (χ3v) is 10.7. The van der Waals surface area contributed by atoms with E-state index in [1.807, 2.05) is 61.5 Å². The van der Waals surface area contributed by atoms with E-state index in [1.165, 1.54) is 24.1 Å². The topological polar surface area (TPSA) is 96.0 Å². The number of aryl methyl sites for hydroxylation is 1. The van der Waals surface area contributed by atoms with Crippen LogP contribution < -0.4 is 14.4 Å². The van der Waals surface area contributed by atoms with Crippen molar-refractivity contribution in [2.45, 2.75) is 62.6 Å². The van der Waals surface area contributed by atoms with Crippen LogP contribution >= 0.6 is 11.6 Å². The van der Waals surface area contributed by atoms with E-state index in [4.69, 9.17) is 16.3 Å². The summed E-state index contributed by atoms with van der Waals surface area (Å²) in [4.78, 5) is 30.3. The monoisotopic (exact) mass is 673 g/mol. The minimum Gasteiger partial charge on any atom is -0.497 e. The molecule has 1 aliphatic carbocycles. The van der Waals surface area contributed by atoms with Gasteiger partial charge < -0.3 is 15.0 Å². The van der Waals surface area contributed by atoms with Crippen LogP contribution in [0.5, 0.6) is 5.75 Å². The van der Waals surface area contributed by atoms with E-state index in [1.54, 1.807) is 36.4 Å². The van der Waals surface area contributed by atoms with E-state index in [9.17, 15) is 18.0 Å². The number of methoxy groups -OCH3 is 1. The first-order valence-electron chi connectivity index (χ1n) is 15.8. The Kier molecular flexibility index (Phi) is 11.2. The molecule has 2 amide bonds. The van der Waals surface area contributed by atoms with Crippen LogP contribution in [0.15, 0.2) is 108 Å². The minimum atomic E-state index is -4.24. The maximum absolute atomic E-state index is 14.7. The maximum atomic E-state index is 14.7. The number of amides is 2. The van der Waals surface area contributed by atoms with Gasteiger partial charge in [0.25, 0.3) is 10.0 Å². The van der Waals surface area contributed by atoms with Crippen molar-refractivity contribution in [3.05, 3.63) is 125 Å². The normalized spacial score (nSPS) is 13.9. The number of hydrogen-bond donors (Lipinski definition) is 1. The van der Waals surface area contributed by atoms with E-state index in [2.05, 4.69) is 5.32 Å². The van der Waals surface area contributed by atoms with Gasteiger partial charge in [0, 0.05) is 24.0 Å². The third-order valence-electron chi connectivity index (χ3n) is 8.62. The van der Waals surface area contributed by atoms with Crippen molar-refractivity contribution < 1.29 is 22.7 Å². The van der Waals surface area contributed by atoms with Gasteiger partial charge in [-0.05, 0) is 85.0 Å². The Morgan fingerprint density at radius 3 is 2.17 bits per heavy atom. The highest BCUT2D eigenvalue weighted by Gasteiger charge is 2.35. The van der Waals surface area contributed by atoms with Crippen LogP contribution in [0.2, 0.25) is 5.02 Å². The van der Waals surface area contributed by atoms with Gasteiger partial charge in [0.05, 0.1) is 17.7 Å². The summed E-state index contributed by atoms with van der Waals surface area (Å²) in [5.41, 5.74) is 2.98. The van der Waals surface area contributed by atoms with E-state index in [0.29, 0.717) is 10.8 Å². The molecule has 0 saturated heterocycles. The Labute approximate surface area is 282 Å². The number of hydrogen-bond acceptors (Lipinski definition) is 5. The second-order valence-electron chi connectivity index (χ2n) is 11.8. The fraction of sp³-hybridized carbons (Fsp3) is 0.297. The van der Waals surface area contributed by atoms with E-state index in [0.717, 1.165) is 46.7 Å². The number of carbonyl (C=O) groups is 2. The van der Waals surface area contributed by atoms with Crippen LogP contribution in [-0.4, -0.2) is 50.9 Å². The second-order valence-corrected chi connectivity index (χ2v) is 14.1. The van der Waals surface area contributed by atoms with Crippen molar-refractivity contribution in [3.8, 4) is 5.75 Å². The molecule has 8 nitrogen and oxygen atoms in total. The largest absolute Gasteiger partial charge is 0.497 e. The molecule has 1 fully saturated rings. The zero-order chi connectivity index (χ0) is 33.4. The number of carbonyl (C=O) groups excluding carboxylic acids is 2. The lowest BCUT2D eigenvalue weighted by molar-refractivity contribution is -0.140. The number of sulfonamides is 1. The molecule has 10 heteroatoms. The number of anilines is 1. The SMILES string of the molecule is COc1ccc(S(=O)(=O)N(CC(=O)N(Cc2ccccc2C)[C@H](Cc2ccccc2)C(=O)NC2CCCC2)c2ccc(Cl)cc2)cc1. The number of nitrogens with zero attached hydrogens (tertiary/aromatic N) is 2. The van der Waals surface area contributed by atoms with E-state index < -0.39 is 28.5 Å². The average Bonchev–Trinajstić information content (AvgIpc) is 3.60. The fourth-order valence-corrected chi connectivity index (χ4v) is 7.44. The summed E-state index contributed by atoms with van der Waals surface area (Å²) < 4.78 is 34.7. The summed E-state index contributed by atoms with van der Waals surface area (Å²) in [5.74, 6) is -0.263. The smallest absolute Gasteiger partial charge is 0.264 e. The summed E-state index contributed by atoms with van der Waals surface area (Å²) in [6.45, 7) is 1.54. The predicted octanol–water partition coefficient (Wildman–Crippen LogP) is 6.55. The first kappa shape index (κ1) is 34.0. The maximum Gasteiger partial charge on any atom is 0.264 e. The van der Waals surface area contributed by atoms with Gasteiger partial charge in [-0.2, -0.15) is 0 Å². The van der Waals surface area contributed by atoms with Crippen molar-refractivity contribution in [1.82, 2.24) is 10.2 Å². The van der Waals surface area contributed by atoms with Crippen molar-refractivity contribution in [3.63, 3.8) is 0 Å². The van der Waals surface area contributed by atoms with Gasteiger partial charge in [-0.25, -0.2) is 8.42 Å². The van der Waals surface area contributed by atoms with Gasteiger partial charge in [-0.1, -0.05) is 79.0 Å². The number of halogens is 1. The second kappa shape index (κ2) is 15.5. The van der Waals surface area contributed by atoms with Gasteiger partial charge in [-0.15, -0.1) is 0 Å². The molecular formula is C37H40ClN3O5S. The molecule has 4 aromatic rings. The lowest BCUT2D eigenvalue weighted by atomic mass is 10.0.